The number of pyridine rings is 1. The standard InChI is InChI=1S/C18H14FNO2/c1-22-18-15(11-21)5-4-14-9-13(10-20-17(14)18)8-12-2-6-16(19)7-3-12/h2-7,9-11H,8H2,1H3. The molecule has 3 rings (SSSR count). The monoisotopic (exact) mass is 295 g/mol. The van der Waals surface area contributed by atoms with Crippen molar-refractivity contribution in [2.45, 2.75) is 6.42 Å². The molecule has 1 aromatic heterocycles. The van der Waals surface area contributed by atoms with Crippen molar-refractivity contribution >= 4 is 17.2 Å². The van der Waals surface area contributed by atoms with Gasteiger partial charge in [0.15, 0.2) is 12.0 Å². The number of hydrogen-bond donors (Lipinski definition) is 0. The van der Waals surface area contributed by atoms with Gasteiger partial charge < -0.3 is 4.74 Å². The van der Waals surface area contributed by atoms with Crippen molar-refractivity contribution in [2.24, 2.45) is 0 Å². The van der Waals surface area contributed by atoms with Crippen LogP contribution in [-0.2, 0) is 6.42 Å². The molecule has 0 spiro atoms. The summed E-state index contributed by atoms with van der Waals surface area (Å²) >= 11 is 0. The molecular weight excluding hydrogens is 281 g/mol. The second kappa shape index (κ2) is 5.93. The fraction of sp³-hybridized carbons (Fsp3) is 0.111. The highest BCUT2D eigenvalue weighted by molar-refractivity contribution is 5.93. The smallest absolute Gasteiger partial charge is 0.155 e. The molecule has 110 valence electrons. The van der Waals surface area contributed by atoms with Crippen LogP contribution < -0.4 is 4.74 Å². The van der Waals surface area contributed by atoms with Gasteiger partial charge in [0.25, 0.3) is 0 Å². The molecule has 4 heteroatoms. The average molecular weight is 295 g/mol. The highest BCUT2D eigenvalue weighted by Crippen LogP contribution is 2.28. The van der Waals surface area contributed by atoms with Gasteiger partial charge in [0.2, 0.25) is 0 Å². The van der Waals surface area contributed by atoms with E-state index in [1.54, 1.807) is 24.4 Å². The van der Waals surface area contributed by atoms with Crippen LogP contribution in [0.15, 0.2) is 48.7 Å². The van der Waals surface area contributed by atoms with E-state index in [-0.39, 0.29) is 5.82 Å². The van der Waals surface area contributed by atoms with Crippen LogP contribution in [0.1, 0.15) is 21.5 Å². The summed E-state index contributed by atoms with van der Waals surface area (Å²) in [4.78, 5) is 15.4. The van der Waals surface area contributed by atoms with Gasteiger partial charge >= 0.3 is 0 Å². The second-order valence-electron chi connectivity index (χ2n) is 5.02. The summed E-state index contributed by atoms with van der Waals surface area (Å²) in [6.45, 7) is 0. The zero-order valence-electron chi connectivity index (χ0n) is 12.0. The molecule has 0 saturated heterocycles. The Kier molecular flexibility index (Phi) is 3.83. The largest absolute Gasteiger partial charge is 0.494 e. The number of ether oxygens (including phenoxy) is 1. The molecule has 1 heterocycles. The number of rotatable bonds is 4. The molecule has 3 nitrogen and oxygen atoms in total. The van der Waals surface area contributed by atoms with E-state index in [0.29, 0.717) is 23.3 Å². The molecule has 0 aliphatic carbocycles. The number of benzene rings is 2. The Morgan fingerprint density at radius 1 is 1.14 bits per heavy atom. The van der Waals surface area contributed by atoms with E-state index in [1.807, 2.05) is 12.1 Å². The first-order valence-electron chi connectivity index (χ1n) is 6.86. The first kappa shape index (κ1) is 14.2. The van der Waals surface area contributed by atoms with Crippen molar-refractivity contribution in [3.05, 3.63) is 71.2 Å². The maximum atomic E-state index is 12.9. The average Bonchev–Trinajstić information content (AvgIpc) is 2.55. The summed E-state index contributed by atoms with van der Waals surface area (Å²) in [7, 11) is 1.52. The maximum absolute atomic E-state index is 12.9. The van der Waals surface area contributed by atoms with Crippen molar-refractivity contribution in [3.63, 3.8) is 0 Å². The quantitative estimate of drug-likeness (QED) is 0.687. The summed E-state index contributed by atoms with van der Waals surface area (Å²) in [6, 6.07) is 12.0. The Morgan fingerprint density at radius 2 is 1.91 bits per heavy atom. The van der Waals surface area contributed by atoms with Crippen molar-refractivity contribution in [2.75, 3.05) is 7.11 Å². The minimum Gasteiger partial charge on any atom is -0.494 e. The number of carbonyl (C=O) groups is 1. The van der Waals surface area contributed by atoms with Crippen LogP contribution in [0.4, 0.5) is 4.39 Å². The molecule has 0 bridgehead atoms. The summed E-state index contributed by atoms with van der Waals surface area (Å²) in [6.07, 6.45) is 3.18. The summed E-state index contributed by atoms with van der Waals surface area (Å²) < 4.78 is 18.2. The van der Waals surface area contributed by atoms with Crippen LogP contribution in [0.3, 0.4) is 0 Å². The van der Waals surface area contributed by atoms with Crippen molar-refractivity contribution in [3.8, 4) is 5.75 Å². The van der Waals surface area contributed by atoms with E-state index in [2.05, 4.69) is 4.98 Å². The van der Waals surface area contributed by atoms with Crippen LogP contribution >= 0.6 is 0 Å². The van der Waals surface area contributed by atoms with Crippen molar-refractivity contribution in [1.82, 2.24) is 4.98 Å². The Balaban J connectivity index is 1.99. The van der Waals surface area contributed by atoms with E-state index in [0.717, 1.165) is 22.8 Å². The maximum Gasteiger partial charge on any atom is 0.155 e. The predicted molar refractivity (Wildman–Crippen MR) is 82.9 cm³/mol. The van der Waals surface area contributed by atoms with E-state index < -0.39 is 0 Å². The number of halogens is 1. The van der Waals surface area contributed by atoms with Gasteiger partial charge in [-0.1, -0.05) is 18.2 Å². The predicted octanol–water partition coefficient (Wildman–Crippen LogP) is 3.79. The van der Waals surface area contributed by atoms with E-state index in [4.69, 9.17) is 4.74 Å². The zero-order valence-corrected chi connectivity index (χ0v) is 12.0. The Labute approximate surface area is 127 Å². The second-order valence-corrected chi connectivity index (χ2v) is 5.02. The topological polar surface area (TPSA) is 39.2 Å². The number of nitrogens with zero attached hydrogens (tertiary/aromatic N) is 1. The summed E-state index contributed by atoms with van der Waals surface area (Å²) in [5.41, 5.74) is 3.17. The molecule has 0 atom stereocenters. The highest BCUT2D eigenvalue weighted by Gasteiger charge is 2.09. The van der Waals surface area contributed by atoms with Crippen LogP contribution in [0.2, 0.25) is 0 Å². The molecule has 0 radical (unpaired) electrons. The number of carbonyl (C=O) groups excluding carboxylic acids is 1. The number of methoxy groups -OCH3 is 1. The van der Waals surface area contributed by atoms with Crippen LogP contribution in [0, 0.1) is 5.82 Å². The molecule has 0 unspecified atom stereocenters. The number of hydrogen-bond acceptors (Lipinski definition) is 3. The van der Waals surface area contributed by atoms with Gasteiger partial charge in [-0.3, -0.25) is 9.78 Å². The SMILES string of the molecule is COc1c(C=O)ccc2cc(Cc3ccc(F)cc3)cnc12. The van der Waals surface area contributed by atoms with Gasteiger partial charge in [-0.05, 0) is 41.8 Å². The lowest BCUT2D eigenvalue weighted by Gasteiger charge is -2.09. The van der Waals surface area contributed by atoms with Gasteiger partial charge in [-0.25, -0.2) is 4.39 Å². The minimum absolute atomic E-state index is 0.244. The van der Waals surface area contributed by atoms with Gasteiger partial charge in [0.05, 0.1) is 12.7 Å². The molecule has 0 aliphatic rings. The number of aromatic nitrogens is 1. The lowest BCUT2D eigenvalue weighted by molar-refractivity contribution is 0.112. The normalized spacial score (nSPS) is 10.6. The molecule has 0 amide bonds. The van der Waals surface area contributed by atoms with E-state index in [1.165, 1.54) is 19.2 Å². The van der Waals surface area contributed by atoms with Gasteiger partial charge in [-0.2, -0.15) is 0 Å². The summed E-state index contributed by atoms with van der Waals surface area (Å²) in [5.74, 6) is 0.243. The van der Waals surface area contributed by atoms with Gasteiger partial charge in [-0.15, -0.1) is 0 Å². The fourth-order valence-electron chi connectivity index (χ4n) is 2.48. The third-order valence-electron chi connectivity index (χ3n) is 3.55. The van der Waals surface area contributed by atoms with E-state index in [9.17, 15) is 9.18 Å². The van der Waals surface area contributed by atoms with Crippen LogP contribution in [0.5, 0.6) is 5.75 Å². The molecule has 0 saturated carbocycles. The lowest BCUT2D eigenvalue weighted by Crippen LogP contribution is -1.95. The van der Waals surface area contributed by atoms with Crippen LogP contribution in [0.25, 0.3) is 10.9 Å². The number of aldehydes is 1. The first-order chi connectivity index (χ1) is 10.7. The van der Waals surface area contributed by atoms with Gasteiger partial charge in [0.1, 0.15) is 11.3 Å². The number of fused-ring (bicyclic) bond motifs is 1. The first-order valence-corrected chi connectivity index (χ1v) is 6.86. The molecule has 0 fully saturated rings. The van der Waals surface area contributed by atoms with Crippen LogP contribution in [-0.4, -0.2) is 18.4 Å². The molecule has 0 aliphatic heterocycles. The Morgan fingerprint density at radius 3 is 2.59 bits per heavy atom. The van der Waals surface area contributed by atoms with Crippen molar-refractivity contribution < 1.29 is 13.9 Å². The summed E-state index contributed by atoms with van der Waals surface area (Å²) in [5, 5.41) is 0.905. The molecule has 2 aromatic carbocycles. The Bertz CT molecular complexity index is 828. The minimum atomic E-state index is -0.244. The van der Waals surface area contributed by atoms with E-state index >= 15 is 0 Å². The molecule has 3 aromatic rings. The molecule has 0 N–H and O–H groups in total. The zero-order chi connectivity index (χ0) is 15.5. The van der Waals surface area contributed by atoms with Crippen molar-refractivity contribution in [1.29, 1.82) is 0 Å². The Hall–Kier alpha value is -2.75. The highest BCUT2D eigenvalue weighted by atomic mass is 19.1. The van der Waals surface area contributed by atoms with Gasteiger partial charge in [0, 0.05) is 11.6 Å². The molecule has 22 heavy (non-hydrogen) atoms. The lowest BCUT2D eigenvalue weighted by atomic mass is 10.0. The fourth-order valence-corrected chi connectivity index (χ4v) is 2.48. The third-order valence-corrected chi connectivity index (χ3v) is 3.55. The third kappa shape index (κ3) is 2.68. The molecular formula is C18H14FNO2.